The van der Waals surface area contributed by atoms with Crippen LogP contribution in [0.4, 0.5) is 5.13 Å². The number of phenols is 1. The van der Waals surface area contributed by atoms with Gasteiger partial charge in [0.1, 0.15) is 11.8 Å². The number of phenolic OH excluding ortho intramolecular Hbond substituents is 1. The van der Waals surface area contributed by atoms with Crippen molar-refractivity contribution < 1.29 is 19.4 Å². The molecule has 0 radical (unpaired) electrons. The molecular weight excluding hydrogens is 294 g/mol. The summed E-state index contributed by atoms with van der Waals surface area (Å²) in [6.07, 6.45) is 0.398. The normalized spacial score (nSPS) is 11.7. The first-order chi connectivity index (χ1) is 10.1. The van der Waals surface area contributed by atoms with E-state index in [1.165, 1.54) is 14.2 Å². The fourth-order valence-electron chi connectivity index (χ4n) is 1.70. The van der Waals surface area contributed by atoms with Crippen molar-refractivity contribution in [3.05, 3.63) is 29.8 Å². The minimum absolute atomic E-state index is 0.176. The molecule has 2 rings (SSSR count). The molecule has 2 aromatic rings. The van der Waals surface area contributed by atoms with Crippen LogP contribution in [0.15, 0.2) is 24.3 Å². The number of hydrogen-bond donors (Lipinski definition) is 2. The van der Waals surface area contributed by atoms with Gasteiger partial charge in [0, 0.05) is 18.0 Å². The maximum absolute atomic E-state index is 11.9. The first-order valence-electron chi connectivity index (χ1n) is 6.12. The molecule has 0 fully saturated rings. The predicted molar refractivity (Wildman–Crippen MR) is 77.7 cm³/mol. The first kappa shape index (κ1) is 15.0. The Balaban J connectivity index is 2.10. The SMILES string of the molecule is COC(=O)[C@H](Cc1ccc(O)cc1)Nc1nc(OC)ns1. The van der Waals surface area contributed by atoms with E-state index in [9.17, 15) is 9.90 Å². The number of methoxy groups -OCH3 is 2. The van der Waals surface area contributed by atoms with Crippen LogP contribution in [0.1, 0.15) is 5.56 Å². The smallest absolute Gasteiger partial charge is 0.329 e. The lowest BCUT2D eigenvalue weighted by atomic mass is 10.1. The van der Waals surface area contributed by atoms with Crippen LogP contribution < -0.4 is 10.1 Å². The van der Waals surface area contributed by atoms with Gasteiger partial charge in [0.2, 0.25) is 5.13 Å². The van der Waals surface area contributed by atoms with Gasteiger partial charge in [-0.25, -0.2) is 4.79 Å². The van der Waals surface area contributed by atoms with Gasteiger partial charge in [-0.05, 0) is 17.7 Å². The summed E-state index contributed by atoms with van der Waals surface area (Å²) in [4.78, 5) is 15.9. The summed E-state index contributed by atoms with van der Waals surface area (Å²) in [5.41, 5.74) is 0.882. The van der Waals surface area contributed by atoms with Gasteiger partial charge < -0.3 is 19.9 Å². The Morgan fingerprint density at radius 2 is 2.10 bits per heavy atom. The number of rotatable bonds is 6. The highest BCUT2D eigenvalue weighted by Crippen LogP contribution is 2.19. The third-order valence-corrected chi connectivity index (χ3v) is 3.38. The molecule has 21 heavy (non-hydrogen) atoms. The van der Waals surface area contributed by atoms with Crippen molar-refractivity contribution in [3.63, 3.8) is 0 Å². The summed E-state index contributed by atoms with van der Waals surface area (Å²) in [6, 6.07) is 6.27. The van der Waals surface area contributed by atoms with E-state index in [2.05, 4.69) is 14.7 Å². The molecule has 0 amide bonds. The number of benzene rings is 1. The van der Waals surface area contributed by atoms with Crippen molar-refractivity contribution >= 4 is 22.6 Å². The van der Waals surface area contributed by atoms with Gasteiger partial charge in [0.15, 0.2) is 0 Å². The summed E-state index contributed by atoms with van der Waals surface area (Å²) in [5.74, 6) is -0.229. The quantitative estimate of drug-likeness (QED) is 0.780. The monoisotopic (exact) mass is 309 g/mol. The third-order valence-electron chi connectivity index (χ3n) is 2.75. The number of ether oxygens (including phenoxy) is 2. The van der Waals surface area contributed by atoms with Crippen LogP contribution >= 0.6 is 11.5 Å². The largest absolute Gasteiger partial charge is 0.508 e. The molecule has 1 aromatic carbocycles. The molecular formula is C13H15N3O4S. The predicted octanol–water partition coefficient (Wildman–Crippen LogP) is 1.45. The molecule has 1 aromatic heterocycles. The number of anilines is 1. The van der Waals surface area contributed by atoms with Crippen LogP contribution in [-0.2, 0) is 16.0 Å². The van der Waals surface area contributed by atoms with Gasteiger partial charge in [0.25, 0.3) is 0 Å². The van der Waals surface area contributed by atoms with E-state index < -0.39 is 12.0 Å². The topological polar surface area (TPSA) is 93.6 Å². The van der Waals surface area contributed by atoms with Crippen LogP contribution in [0.3, 0.4) is 0 Å². The lowest BCUT2D eigenvalue weighted by Crippen LogP contribution is -2.32. The molecule has 0 aliphatic heterocycles. The number of aromatic nitrogens is 2. The fourth-order valence-corrected chi connectivity index (χ4v) is 2.30. The van der Waals surface area contributed by atoms with Crippen molar-refractivity contribution in [2.24, 2.45) is 0 Å². The first-order valence-corrected chi connectivity index (χ1v) is 6.89. The zero-order chi connectivity index (χ0) is 15.2. The molecule has 8 heteroatoms. The molecule has 0 aliphatic rings. The average Bonchev–Trinajstić information content (AvgIpc) is 2.95. The van der Waals surface area contributed by atoms with Crippen LogP contribution in [0.25, 0.3) is 0 Å². The lowest BCUT2D eigenvalue weighted by Gasteiger charge is -2.15. The average molecular weight is 309 g/mol. The van der Waals surface area contributed by atoms with Crippen LogP contribution in [0, 0.1) is 0 Å². The van der Waals surface area contributed by atoms with Gasteiger partial charge in [-0.2, -0.15) is 4.98 Å². The fraction of sp³-hybridized carbons (Fsp3) is 0.308. The second-order valence-electron chi connectivity index (χ2n) is 4.18. The number of esters is 1. The lowest BCUT2D eigenvalue weighted by molar-refractivity contribution is -0.141. The second-order valence-corrected chi connectivity index (χ2v) is 4.93. The molecule has 0 saturated carbocycles. The van der Waals surface area contributed by atoms with Crippen molar-refractivity contribution in [2.75, 3.05) is 19.5 Å². The summed E-state index contributed by atoms with van der Waals surface area (Å²) in [7, 11) is 2.80. The molecule has 7 nitrogen and oxygen atoms in total. The molecule has 0 bridgehead atoms. The van der Waals surface area contributed by atoms with E-state index in [0.717, 1.165) is 17.1 Å². The van der Waals surface area contributed by atoms with E-state index in [1.54, 1.807) is 24.3 Å². The van der Waals surface area contributed by atoms with Crippen LogP contribution in [0.2, 0.25) is 0 Å². The Hall–Kier alpha value is -2.35. The summed E-state index contributed by atoms with van der Waals surface area (Å²) >= 11 is 1.10. The zero-order valence-electron chi connectivity index (χ0n) is 11.6. The zero-order valence-corrected chi connectivity index (χ0v) is 12.4. The molecule has 0 unspecified atom stereocenters. The third kappa shape index (κ3) is 4.06. The molecule has 1 atom stereocenters. The van der Waals surface area contributed by atoms with E-state index >= 15 is 0 Å². The second kappa shape index (κ2) is 6.89. The number of carbonyl (C=O) groups is 1. The van der Waals surface area contributed by atoms with Crippen molar-refractivity contribution in [1.29, 1.82) is 0 Å². The summed E-state index contributed by atoms with van der Waals surface area (Å²) in [5, 5.41) is 12.7. The minimum atomic E-state index is -0.600. The van der Waals surface area contributed by atoms with Gasteiger partial charge in [-0.15, -0.1) is 4.37 Å². The number of nitrogens with zero attached hydrogens (tertiary/aromatic N) is 2. The number of aromatic hydroxyl groups is 1. The highest BCUT2D eigenvalue weighted by molar-refractivity contribution is 7.09. The van der Waals surface area contributed by atoms with Crippen LogP contribution in [0.5, 0.6) is 11.8 Å². The molecule has 112 valence electrons. The number of hydrogen-bond acceptors (Lipinski definition) is 8. The van der Waals surface area contributed by atoms with Gasteiger partial charge in [-0.1, -0.05) is 12.1 Å². The molecule has 0 aliphatic carbocycles. The Morgan fingerprint density at radius 1 is 1.38 bits per heavy atom. The molecule has 0 saturated heterocycles. The van der Waals surface area contributed by atoms with E-state index in [4.69, 9.17) is 9.47 Å². The molecule has 2 N–H and O–H groups in total. The highest BCUT2D eigenvalue weighted by atomic mass is 32.1. The Morgan fingerprint density at radius 3 is 2.67 bits per heavy atom. The standard InChI is InChI=1S/C13H15N3O4S/c1-19-11(18)10(7-8-3-5-9(17)6-4-8)14-13-15-12(20-2)16-21-13/h3-6,10,17H,7H2,1-2H3,(H,14,15,16)/t10-/m0/s1. The maximum Gasteiger partial charge on any atom is 0.329 e. The Labute approximate surface area is 125 Å². The molecule has 1 heterocycles. The number of nitrogens with one attached hydrogen (secondary N) is 1. The summed E-state index contributed by atoms with van der Waals surface area (Å²) in [6.45, 7) is 0. The Kier molecular flexibility index (Phi) is 4.94. The van der Waals surface area contributed by atoms with Crippen molar-refractivity contribution in [3.8, 4) is 11.8 Å². The minimum Gasteiger partial charge on any atom is -0.508 e. The maximum atomic E-state index is 11.9. The Bertz CT molecular complexity index is 600. The highest BCUT2D eigenvalue weighted by Gasteiger charge is 2.21. The van der Waals surface area contributed by atoms with Crippen molar-refractivity contribution in [1.82, 2.24) is 9.36 Å². The van der Waals surface area contributed by atoms with E-state index in [0.29, 0.717) is 11.6 Å². The van der Waals surface area contributed by atoms with Gasteiger partial charge >= 0.3 is 12.0 Å². The van der Waals surface area contributed by atoms with E-state index in [1.807, 2.05) is 0 Å². The van der Waals surface area contributed by atoms with Crippen molar-refractivity contribution in [2.45, 2.75) is 12.5 Å². The molecule has 0 spiro atoms. The van der Waals surface area contributed by atoms with Crippen LogP contribution in [-0.4, -0.2) is 40.7 Å². The van der Waals surface area contributed by atoms with Gasteiger partial charge in [0.05, 0.1) is 14.2 Å². The van der Waals surface area contributed by atoms with E-state index in [-0.39, 0.29) is 11.8 Å². The van der Waals surface area contributed by atoms with Gasteiger partial charge in [-0.3, -0.25) is 0 Å². The number of carbonyl (C=O) groups excluding carboxylic acids is 1. The summed E-state index contributed by atoms with van der Waals surface area (Å²) < 4.78 is 13.6.